The second kappa shape index (κ2) is 9.51. The van der Waals surface area contributed by atoms with Crippen molar-refractivity contribution >= 4 is 17.6 Å². The van der Waals surface area contributed by atoms with Crippen molar-refractivity contribution in [2.75, 3.05) is 51.7 Å². The molecule has 1 atom stereocenters. The van der Waals surface area contributed by atoms with Gasteiger partial charge in [-0.25, -0.2) is 9.97 Å². The summed E-state index contributed by atoms with van der Waals surface area (Å²) in [5.41, 5.74) is 2.11. The van der Waals surface area contributed by atoms with Crippen LogP contribution >= 0.6 is 0 Å². The van der Waals surface area contributed by atoms with Crippen molar-refractivity contribution in [1.29, 1.82) is 0 Å². The van der Waals surface area contributed by atoms with Crippen LogP contribution in [0.25, 0.3) is 0 Å². The number of nitrogens with zero attached hydrogens (tertiary/aromatic N) is 6. The maximum absolute atomic E-state index is 12.9. The first-order valence-corrected chi connectivity index (χ1v) is 11.8. The fraction of sp³-hybridized carbons (Fsp3) is 0.739. The van der Waals surface area contributed by atoms with Crippen molar-refractivity contribution in [2.45, 2.75) is 64.5 Å². The summed E-state index contributed by atoms with van der Waals surface area (Å²) in [4.78, 5) is 43.1. The summed E-state index contributed by atoms with van der Waals surface area (Å²) in [7, 11) is 4.00. The third-order valence-electron chi connectivity index (χ3n) is 6.88. The first-order valence-electron chi connectivity index (χ1n) is 11.8. The number of carbonyl (C=O) groups is 2. The number of carbonyl (C=O) groups excluding carboxylic acids is 2. The Kier molecular flexibility index (Phi) is 6.74. The molecular weight excluding hydrogens is 392 g/mol. The Labute approximate surface area is 185 Å². The van der Waals surface area contributed by atoms with Gasteiger partial charge in [0.2, 0.25) is 11.8 Å². The standard InChI is InChI=1S/C23H36N6O2/c1-17(30)28-14-10-19-18(15-28)23(26(2)3)25-22(24-19)20-9-5-8-13-29(20)16-21(31)27-11-6-4-7-12-27/h20H,4-16H2,1-3H3/t20-/m0/s1. The Balaban J connectivity index is 1.58. The van der Waals surface area contributed by atoms with Gasteiger partial charge in [0.05, 0.1) is 24.8 Å². The molecule has 2 amide bonds. The van der Waals surface area contributed by atoms with E-state index >= 15 is 0 Å². The molecule has 8 nitrogen and oxygen atoms in total. The highest BCUT2D eigenvalue weighted by Gasteiger charge is 2.32. The van der Waals surface area contributed by atoms with E-state index in [2.05, 4.69) is 4.90 Å². The lowest BCUT2D eigenvalue weighted by Gasteiger charge is -2.37. The molecule has 170 valence electrons. The van der Waals surface area contributed by atoms with Crippen molar-refractivity contribution in [3.63, 3.8) is 0 Å². The number of aromatic nitrogens is 2. The zero-order valence-electron chi connectivity index (χ0n) is 19.3. The van der Waals surface area contributed by atoms with Crippen molar-refractivity contribution in [2.24, 2.45) is 0 Å². The van der Waals surface area contributed by atoms with Gasteiger partial charge in [-0.2, -0.15) is 0 Å². The lowest BCUT2D eigenvalue weighted by molar-refractivity contribution is -0.134. The molecule has 0 unspecified atom stereocenters. The molecule has 1 aromatic heterocycles. The van der Waals surface area contributed by atoms with E-state index in [1.54, 1.807) is 6.92 Å². The maximum Gasteiger partial charge on any atom is 0.236 e. The summed E-state index contributed by atoms with van der Waals surface area (Å²) < 4.78 is 0. The van der Waals surface area contributed by atoms with Crippen LogP contribution < -0.4 is 4.90 Å². The molecule has 2 fully saturated rings. The van der Waals surface area contributed by atoms with Crippen LogP contribution in [0.3, 0.4) is 0 Å². The number of fused-ring (bicyclic) bond motifs is 1. The highest BCUT2D eigenvalue weighted by atomic mass is 16.2. The van der Waals surface area contributed by atoms with Crippen LogP contribution in [0.5, 0.6) is 0 Å². The smallest absolute Gasteiger partial charge is 0.236 e. The molecular formula is C23H36N6O2. The minimum absolute atomic E-state index is 0.0809. The molecule has 0 aliphatic carbocycles. The van der Waals surface area contributed by atoms with Crippen LogP contribution in [0.15, 0.2) is 0 Å². The summed E-state index contributed by atoms with van der Waals surface area (Å²) in [5, 5.41) is 0. The molecule has 4 rings (SSSR count). The fourth-order valence-corrected chi connectivity index (χ4v) is 5.09. The van der Waals surface area contributed by atoms with Crippen molar-refractivity contribution in [3.05, 3.63) is 17.1 Å². The normalized spacial score (nSPS) is 22.2. The van der Waals surface area contributed by atoms with Gasteiger partial charge >= 0.3 is 0 Å². The van der Waals surface area contributed by atoms with Crippen LogP contribution in [0, 0.1) is 0 Å². The van der Waals surface area contributed by atoms with Gasteiger partial charge in [-0.15, -0.1) is 0 Å². The van der Waals surface area contributed by atoms with Gasteiger partial charge in [0.15, 0.2) is 0 Å². The van der Waals surface area contributed by atoms with E-state index in [1.807, 2.05) is 28.8 Å². The quantitative estimate of drug-likeness (QED) is 0.730. The van der Waals surface area contributed by atoms with Gasteiger partial charge in [0, 0.05) is 52.6 Å². The Morgan fingerprint density at radius 1 is 0.968 bits per heavy atom. The van der Waals surface area contributed by atoms with E-state index in [-0.39, 0.29) is 17.9 Å². The van der Waals surface area contributed by atoms with Crippen molar-refractivity contribution in [3.8, 4) is 0 Å². The van der Waals surface area contributed by atoms with E-state index in [4.69, 9.17) is 9.97 Å². The Morgan fingerprint density at radius 2 is 1.71 bits per heavy atom. The second-order valence-corrected chi connectivity index (χ2v) is 9.34. The fourth-order valence-electron chi connectivity index (χ4n) is 5.09. The predicted molar refractivity (Wildman–Crippen MR) is 120 cm³/mol. The molecule has 0 bridgehead atoms. The summed E-state index contributed by atoms with van der Waals surface area (Å²) >= 11 is 0. The number of piperidine rings is 2. The van der Waals surface area contributed by atoms with Crippen LogP contribution in [0.4, 0.5) is 5.82 Å². The average Bonchev–Trinajstić information content (AvgIpc) is 2.78. The molecule has 1 aromatic rings. The van der Waals surface area contributed by atoms with Gasteiger partial charge in [0.1, 0.15) is 11.6 Å². The number of likely N-dealkylation sites (tertiary alicyclic amines) is 2. The topological polar surface area (TPSA) is 72.9 Å². The molecule has 0 N–H and O–H groups in total. The van der Waals surface area contributed by atoms with Crippen LogP contribution in [-0.2, 0) is 22.6 Å². The number of hydrogen-bond donors (Lipinski definition) is 0. The van der Waals surface area contributed by atoms with Gasteiger partial charge in [-0.1, -0.05) is 6.42 Å². The highest BCUT2D eigenvalue weighted by Crippen LogP contribution is 2.33. The van der Waals surface area contributed by atoms with Gasteiger partial charge in [0.25, 0.3) is 0 Å². The molecule has 2 saturated heterocycles. The monoisotopic (exact) mass is 428 g/mol. The lowest BCUT2D eigenvalue weighted by atomic mass is 9.99. The Hall–Kier alpha value is -2.22. The molecule has 3 aliphatic heterocycles. The lowest BCUT2D eigenvalue weighted by Crippen LogP contribution is -2.45. The minimum atomic E-state index is 0.0809. The molecule has 4 heterocycles. The largest absolute Gasteiger partial charge is 0.362 e. The van der Waals surface area contributed by atoms with Crippen LogP contribution in [-0.4, -0.2) is 83.3 Å². The molecule has 0 aromatic carbocycles. The van der Waals surface area contributed by atoms with E-state index in [9.17, 15) is 9.59 Å². The number of amides is 2. The first kappa shape index (κ1) is 22.0. The second-order valence-electron chi connectivity index (χ2n) is 9.34. The SMILES string of the molecule is CC(=O)N1CCc2nc([C@@H]3CCCCN3CC(=O)N3CCCCC3)nc(N(C)C)c2C1. The maximum atomic E-state index is 12.9. The molecule has 8 heteroatoms. The van der Waals surface area contributed by atoms with Gasteiger partial charge in [-0.05, 0) is 38.6 Å². The number of rotatable bonds is 4. The summed E-state index contributed by atoms with van der Waals surface area (Å²) in [6, 6.07) is 0.0809. The molecule has 31 heavy (non-hydrogen) atoms. The molecule has 0 saturated carbocycles. The molecule has 3 aliphatic rings. The number of anilines is 1. The van der Waals surface area contributed by atoms with Gasteiger partial charge in [-0.3, -0.25) is 14.5 Å². The van der Waals surface area contributed by atoms with E-state index in [0.29, 0.717) is 19.6 Å². The van der Waals surface area contributed by atoms with Crippen LogP contribution in [0.1, 0.15) is 68.6 Å². The van der Waals surface area contributed by atoms with Crippen molar-refractivity contribution < 1.29 is 9.59 Å². The zero-order valence-corrected chi connectivity index (χ0v) is 19.3. The third-order valence-corrected chi connectivity index (χ3v) is 6.88. The molecule has 0 spiro atoms. The van der Waals surface area contributed by atoms with E-state index < -0.39 is 0 Å². The van der Waals surface area contributed by atoms with E-state index in [1.165, 1.54) is 6.42 Å². The van der Waals surface area contributed by atoms with E-state index in [0.717, 1.165) is 81.1 Å². The average molecular weight is 429 g/mol. The predicted octanol–water partition coefficient (Wildman–Crippen LogP) is 1.99. The van der Waals surface area contributed by atoms with Crippen LogP contribution in [0.2, 0.25) is 0 Å². The van der Waals surface area contributed by atoms with Gasteiger partial charge < -0.3 is 14.7 Å². The minimum Gasteiger partial charge on any atom is -0.362 e. The van der Waals surface area contributed by atoms with Crippen molar-refractivity contribution in [1.82, 2.24) is 24.7 Å². The first-order chi connectivity index (χ1) is 14.9. The Bertz CT molecular complexity index is 821. The summed E-state index contributed by atoms with van der Waals surface area (Å²) in [5.74, 6) is 2.08. The zero-order chi connectivity index (χ0) is 22.0. The summed E-state index contributed by atoms with van der Waals surface area (Å²) in [6.07, 6.45) is 7.45. The third kappa shape index (κ3) is 4.84. The molecule has 0 radical (unpaired) electrons. The summed E-state index contributed by atoms with van der Waals surface area (Å²) in [6.45, 7) is 6.05. The number of hydrogen-bond acceptors (Lipinski definition) is 6. The Morgan fingerprint density at radius 3 is 2.42 bits per heavy atom. The highest BCUT2D eigenvalue weighted by molar-refractivity contribution is 5.78.